The second kappa shape index (κ2) is 65.4. The minimum atomic E-state index is -5.02. The molecule has 0 unspecified atom stereocenters. The molecule has 0 aromatic rings. The topological polar surface area (TPSA) is 201 Å². The van der Waals surface area contributed by atoms with Gasteiger partial charge in [-0.1, -0.05) is 315 Å². The van der Waals surface area contributed by atoms with E-state index in [-0.39, 0.29) is 61.8 Å². The molecule has 0 aromatic heterocycles. The number of aliphatic hydroxyl groups is 1. The van der Waals surface area contributed by atoms with Crippen molar-refractivity contribution in [1.29, 1.82) is 0 Å². The summed E-state index contributed by atoms with van der Waals surface area (Å²) in [6.45, 7) is 8.09. The molecule has 16 heteroatoms. The summed E-state index contributed by atoms with van der Waals surface area (Å²) >= 11 is 0. The van der Waals surface area contributed by atoms with Crippen molar-refractivity contribution < 1.29 is 95.2 Å². The first-order chi connectivity index (χ1) is 43.8. The maximum Gasteiger partial charge on any atom is 1.00 e. The molecule has 0 aliphatic carbocycles. The molecule has 0 saturated carbocycles. The summed E-state index contributed by atoms with van der Waals surface area (Å²) in [7, 11) is -5.02. The zero-order valence-electron chi connectivity index (χ0n) is 59.2. The van der Waals surface area contributed by atoms with Gasteiger partial charge in [0.1, 0.15) is 18.8 Å². The van der Waals surface area contributed by atoms with Gasteiger partial charge in [-0.2, -0.15) is 0 Å². The van der Waals surface area contributed by atoms with Crippen molar-refractivity contribution >= 4 is 34.0 Å². The monoisotopic (exact) mass is 1320 g/mol. The number of aliphatic hydroxyl groups excluding tert-OH is 1. The molecule has 1 fully saturated rings. The van der Waals surface area contributed by atoms with Crippen LogP contribution < -0.4 is 29.6 Å². The third-order valence-electron chi connectivity index (χ3n) is 17.5. The molecule has 6 atom stereocenters. The van der Waals surface area contributed by atoms with Crippen molar-refractivity contribution in [1.82, 2.24) is 0 Å². The van der Waals surface area contributed by atoms with Gasteiger partial charge in [-0.15, -0.1) is 0 Å². The van der Waals surface area contributed by atoms with Crippen molar-refractivity contribution in [2.75, 3.05) is 19.0 Å². The zero-order valence-corrected chi connectivity index (χ0v) is 62.1. The number of esters is 4. The minimum absolute atomic E-state index is 0. The molecule has 91 heavy (non-hydrogen) atoms. The van der Waals surface area contributed by atoms with E-state index in [0.29, 0.717) is 25.7 Å². The maximum absolute atomic E-state index is 13.8. The molecule has 528 valence electrons. The summed E-state index contributed by atoms with van der Waals surface area (Å²) < 4.78 is 72.7. The summed E-state index contributed by atoms with van der Waals surface area (Å²) in [4.78, 5) is 54.1. The number of carbonyl (C=O) groups is 4. The van der Waals surface area contributed by atoms with Crippen molar-refractivity contribution in [3.8, 4) is 0 Å². The molecule has 14 nitrogen and oxygen atoms in total. The first kappa shape index (κ1) is 89.2. The summed E-state index contributed by atoms with van der Waals surface area (Å²) in [5, 5.41) is 11.7. The van der Waals surface area contributed by atoms with Crippen LogP contribution in [0.4, 0.5) is 0 Å². The van der Waals surface area contributed by atoms with E-state index in [0.717, 1.165) is 122 Å². The SMILES string of the molecule is CCCCC/C=C\C/C=C\CCCCCCCC(=O)OC[C@H](CO[C@H]1O[C@H](CS(=O)(=O)[O-])[C@@H](O)[C@H](OC(=O)CCCCCCCCCCCCCCC)[C@H]1OC(=O)CCCCCCCCCCCCCCC)OC(=O)CCCCCCCCCCCCCCC.[Na+]. The minimum Gasteiger partial charge on any atom is -0.748 e. The first-order valence-electron chi connectivity index (χ1n) is 37.8. The maximum atomic E-state index is 13.8. The Labute approximate surface area is 580 Å². The van der Waals surface area contributed by atoms with Gasteiger partial charge in [-0.05, 0) is 57.8 Å². The van der Waals surface area contributed by atoms with E-state index in [4.69, 9.17) is 28.4 Å². The van der Waals surface area contributed by atoms with Crippen LogP contribution >= 0.6 is 0 Å². The Hall–Kier alpha value is -1.85. The number of ether oxygens (including phenoxy) is 6. The Morgan fingerprint density at radius 1 is 0.418 bits per heavy atom. The van der Waals surface area contributed by atoms with Crippen LogP contribution in [-0.4, -0.2) is 97.7 Å². The predicted octanol–water partition coefficient (Wildman–Crippen LogP) is 17.2. The standard InChI is InChI=1S/C75H138O14S.Na/c1-5-9-13-17-21-25-29-33-34-38-39-43-47-51-55-59-68(76)84-63-66(86-69(77)60-56-52-48-44-40-35-30-26-22-18-14-10-6-2)64-85-75-74(89-71(79)62-58-54-50-46-42-37-32-28-24-20-16-12-8-4)73(72(80)67(87-75)65-90(81,82)83)88-70(78)61-57-53-49-45-41-36-31-27-23-19-15-11-7-3;/h21,25,33-34,66-67,72-75,80H,5-20,22-24,26-32,35-65H2,1-4H3,(H,81,82,83);/q;+1/p-1/b25-21-,34-33-;/t66-,67-,72-,73+,74-,75+;/m1./s1. The van der Waals surface area contributed by atoms with Crippen molar-refractivity contribution in [3.05, 3.63) is 24.3 Å². The Balaban J connectivity index is 0.0000810. The van der Waals surface area contributed by atoms with Crippen LogP contribution in [0.3, 0.4) is 0 Å². The molecule has 0 radical (unpaired) electrons. The molecule has 1 saturated heterocycles. The molecule has 0 amide bonds. The van der Waals surface area contributed by atoms with Crippen LogP contribution in [0.1, 0.15) is 374 Å². The van der Waals surface area contributed by atoms with E-state index in [1.54, 1.807) is 0 Å². The third-order valence-corrected chi connectivity index (χ3v) is 18.2. The smallest absolute Gasteiger partial charge is 0.748 e. The summed E-state index contributed by atoms with van der Waals surface area (Å²) in [6.07, 6.45) is 55.1. The van der Waals surface area contributed by atoms with E-state index in [1.807, 2.05) is 0 Å². The predicted molar refractivity (Wildman–Crippen MR) is 366 cm³/mol. The van der Waals surface area contributed by atoms with Crippen LogP contribution in [0.25, 0.3) is 0 Å². The zero-order chi connectivity index (χ0) is 65.6. The van der Waals surface area contributed by atoms with E-state index in [9.17, 15) is 37.3 Å². The Morgan fingerprint density at radius 3 is 1.10 bits per heavy atom. The van der Waals surface area contributed by atoms with Gasteiger partial charge < -0.3 is 38.1 Å². The quantitative estimate of drug-likeness (QED) is 0.0150. The number of carbonyl (C=O) groups excluding carboxylic acids is 4. The van der Waals surface area contributed by atoms with Crippen LogP contribution in [-0.2, 0) is 57.7 Å². The molecule has 0 bridgehead atoms. The van der Waals surface area contributed by atoms with Crippen LogP contribution in [0.15, 0.2) is 24.3 Å². The van der Waals surface area contributed by atoms with E-state index < -0.39 is 83.2 Å². The Bertz CT molecular complexity index is 1850. The van der Waals surface area contributed by atoms with Gasteiger partial charge in [0.2, 0.25) is 0 Å². The van der Waals surface area contributed by atoms with Gasteiger partial charge in [0, 0.05) is 25.7 Å². The number of hydrogen-bond acceptors (Lipinski definition) is 14. The van der Waals surface area contributed by atoms with E-state index in [2.05, 4.69) is 52.0 Å². The molecule has 1 rings (SSSR count). The van der Waals surface area contributed by atoms with Crippen LogP contribution in [0.5, 0.6) is 0 Å². The molecule has 1 aliphatic rings. The second-order valence-corrected chi connectivity index (χ2v) is 27.7. The van der Waals surface area contributed by atoms with E-state index in [1.165, 1.54) is 173 Å². The largest absolute Gasteiger partial charge is 1.00 e. The van der Waals surface area contributed by atoms with Crippen LogP contribution in [0.2, 0.25) is 0 Å². The average molecular weight is 1320 g/mol. The molecule has 0 spiro atoms. The first-order valence-corrected chi connectivity index (χ1v) is 39.3. The summed E-state index contributed by atoms with van der Waals surface area (Å²) in [6, 6.07) is 0. The normalized spacial score (nSPS) is 17.1. The van der Waals surface area contributed by atoms with Gasteiger partial charge in [0.05, 0.1) is 22.5 Å². The van der Waals surface area contributed by atoms with Crippen molar-refractivity contribution in [2.24, 2.45) is 0 Å². The molecular weight excluding hydrogens is 1180 g/mol. The third kappa shape index (κ3) is 57.0. The fourth-order valence-electron chi connectivity index (χ4n) is 11.8. The average Bonchev–Trinajstić information content (AvgIpc) is 0.890. The fourth-order valence-corrected chi connectivity index (χ4v) is 12.5. The van der Waals surface area contributed by atoms with E-state index >= 15 is 0 Å². The summed E-state index contributed by atoms with van der Waals surface area (Å²) in [5.74, 6) is -3.54. The Morgan fingerprint density at radius 2 is 0.725 bits per heavy atom. The second-order valence-electron chi connectivity index (χ2n) is 26.3. The van der Waals surface area contributed by atoms with Gasteiger partial charge in [-0.25, -0.2) is 8.42 Å². The fraction of sp³-hybridized carbons (Fsp3) is 0.893. The number of rotatable bonds is 66. The molecular formula is C75H137NaO14S. The number of unbranched alkanes of at least 4 members (excludes halogenated alkanes) is 44. The number of hydrogen-bond donors (Lipinski definition) is 1. The van der Waals surface area contributed by atoms with Crippen LogP contribution in [0, 0.1) is 0 Å². The Kier molecular flexibility index (Phi) is 64.1. The van der Waals surface area contributed by atoms with Gasteiger partial charge >= 0.3 is 53.4 Å². The molecule has 1 heterocycles. The van der Waals surface area contributed by atoms with Crippen molar-refractivity contribution in [2.45, 2.75) is 411 Å². The van der Waals surface area contributed by atoms with Gasteiger partial charge in [0.25, 0.3) is 0 Å². The van der Waals surface area contributed by atoms with Gasteiger partial charge in [-0.3, -0.25) is 19.2 Å². The summed E-state index contributed by atoms with van der Waals surface area (Å²) in [5.41, 5.74) is 0. The number of allylic oxidation sites excluding steroid dienone is 4. The van der Waals surface area contributed by atoms with Crippen molar-refractivity contribution in [3.63, 3.8) is 0 Å². The molecule has 1 N–H and O–H groups in total. The van der Waals surface area contributed by atoms with Gasteiger partial charge in [0.15, 0.2) is 24.6 Å². The molecule has 0 aromatic carbocycles. The molecule has 1 aliphatic heterocycles.